The number of aliphatic imine (C=N–C) groups is 1. The van der Waals surface area contributed by atoms with Gasteiger partial charge in [0.05, 0.1) is 6.54 Å². The topological polar surface area (TPSA) is 143 Å². The number of fused-ring (bicyclic) bond motifs is 1. The van der Waals surface area contributed by atoms with Crippen LogP contribution in [0.3, 0.4) is 0 Å². The molecule has 2 aliphatic heterocycles. The fraction of sp³-hybridized carbons (Fsp3) is 0.500. The van der Waals surface area contributed by atoms with Gasteiger partial charge in [0.2, 0.25) is 23.7 Å². The Labute approximate surface area is 215 Å². The Kier molecular flexibility index (Phi) is 8.61. The van der Waals surface area contributed by atoms with Crippen LogP contribution >= 0.6 is 0 Å². The van der Waals surface area contributed by atoms with Gasteiger partial charge < -0.3 is 24.9 Å². The predicted molar refractivity (Wildman–Crippen MR) is 138 cm³/mol. The molecule has 0 unspecified atom stereocenters. The van der Waals surface area contributed by atoms with Gasteiger partial charge in [-0.1, -0.05) is 0 Å². The number of hydrogen-bond donors (Lipinski definition) is 3. The Morgan fingerprint density at radius 3 is 2.81 bits per heavy atom. The maximum atomic E-state index is 13.2. The first-order chi connectivity index (χ1) is 17.9. The van der Waals surface area contributed by atoms with Crippen molar-refractivity contribution in [3.63, 3.8) is 0 Å². The number of carbonyl (C=O) groups is 3. The van der Waals surface area contributed by atoms with E-state index in [1.54, 1.807) is 0 Å². The van der Waals surface area contributed by atoms with Crippen molar-refractivity contribution in [2.24, 2.45) is 4.99 Å². The van der Waals surface area contributed by atoms with Gasteiger partial charge in [0.1, 0.15) is 17.4 Å². The van der Waals surface area contributed by atoms with E-state index < -0.39 is 6.04 Å². The van der Waals surface area contributed by atoms with Crippen LogP contribution in [0.2, 0.25) is 0 Å². The molecule has 1 aromatic carbocycles. The molecule has 0 aliphatic carbocycles. The normalized spacial score (nSPS) is 18.6. The van der Waals surface area contributed by atoms with Crippen molar-refractivity contribution in [3.05, 3.63) is 30.0 Å². The molecule has 3 N–H and O–H groups in total. The van der Waals surface area contributed by atoms with Gasteiger partial charge in [0, 0.05) is 43.7 Å². The summed E-state index contributed by atoms with van der Waals surface area (Å²) in [5.74, 6) is 0.664. The first kappa shape index (κ1) is 26.0. The quantitative estimate of drug-likeness (QED) is 0.163. The molecule has 3 heterocycles. The Bertz CT molecular complexity index is 1220. The van der Waals surface area contributed by atoms with Crippen LogP contribution in [0, 0.1) is 18.4 Å². The van der Waals surface area contributed by atoms with E-state index in [1.807, 2.05) is 42.3 Å². The third-order valence-electron chi connectivity index (χ3n) is 6.55. The lowest BCUT2D eigenvalue weighted by Crippen LogP contribution is -2.45. The van der Waals surface area contributed by atoms with Gasteiger partial charge in [0.15, 0.2) is 6.19 Å². The summed E-state index contributed by atoms with van der Waals surface area (Å²) < 4.78 is 5.60. The van der Waals surface area contributed by atoms with E-state index in [4.69, 9.17) is 4.42 Å². The van der Waals surface area contributed by atoms with Crippen LogP contribution in [0.5, 0.6) is 0 Å². The van der Waals surface area contributed by atoms with Crippen molar-refractivity contribution in [2.75, 3.05) is 38.0 Å². The number of nitriles is 1. The summed E-state index contributed by atoms with van der Waals surface area (Å²) in [4.78, 5) is 45.3. The van der Waals surface area contributed by atoms with E-state index in [-0.39, 0.29) is 30.2 Å². The number of benzene rings is 1. The number of aryl methyl sites for hydroxylation is 1. The zero-order valence-electron chi connectivity index (χ0n) is 21.1. The van der Waals surface area contributed by atoms with Gasteiger partial charge in [-0.2, -0.15) is 5.26 Å². The number of nitrogens with zero attached hydrogens (tertiary/aromatic N) is 4. The predicted octanol–water partition coefficient (Wildman–Crippen LogP) is 2.09. The molecular weight excluding hydrogens is 474 g/mol. The summed E-state index contributed by atoms with van der Waals surface area (Å²) in [6.07, 6.45) is 6.12. The SMILES string of the molecule is Cc1cc2cc(NC(=N[C@H]3CCCCN(CC(=O)NCCCN4CCCC4=O)C3=O)NC#N)ccc2o1. The lowest BCUT2D eigenvalue weighted by molar-refractivity contribution is -0.136. The van der Waals surface area contributed by atoms with Crippen molar-refractivity contribution >= 4 is 40.3 Å². The monoisotopic (exact) mass is 507 g/mol. The van der Waals surface area contributed by atoms with E-state index in [0.29, 0.717) is 44.6 Å². The highest BCUT2D eigenvalue weighted by molar-refractivity contribution is 5.98. The molecule has 2 fully saturated rings. The molecule has 2 saturated heterocycles. The molecule has 0 saturated carbocycles. The molecule has 37 heavy (non-hydrogen) atoms. The number of likely N-dealkylation sites (tertiary alicyclic amines) is 2. The average Bonchev–Trinajstić information content (AvgIpc) is 3.41. The van der Waals surface area contributed by atoms with Gasteiger partial charge in [0.25, 0.3) is 0 Å². The van der Waals surface area contributed by atoms with Crippen molar-refractivity contribution in [1.29, 1.82) is 5.26 Å². The molecule has 1 atom stereocenters. The number of furan rings is 1. The summed E-state index contributed by atoms with van der Waals surface area (Å²) in [6, 6.07) is 6.73. The number of amides is 3. The maximum Gasteiger partial charge on any atom is 0.247 e. The van der Waals surface area contributed by atoms with Gasteiger partial charge in [-0.3, -0.25) is 19.7 Å². The second-order valence-electron chi connectivity index (χ2n) is 9.41. The Balaban J connectivity index is 1.34. The molecule has 11 heteroatoms. The maximum absolute atomic E-state index is 13.2. The summed E-state index contributed by atoms with van der Waals surface area (Å²) in [5.41, 5.74) is 1.45. The van der Waals surface area contributed by atoms with E-state index in [2.05, 4.69) is 20.9 Å². The minimum Gasteiger partial charge on any atom is -0.461 e. The number of anilines is 1. The van der Waals surface area contributed by atoms with Gasteiger partial charge in [-0.15, -0.1) is 0 Å². The molecule has 11 nitrogen and oxygen atoms in total. The van der Waals surface area contributed by atoms with Crippen LogP contribution in [-0.4, -0.2) is 72.2 Å². The molecule has 2 aromatic rings. The van der Waals surface area contributed by atoms with E-state index in [0.717, 1.165) is 42.5 Å². The first-order valence-corrected chi connectivity index (χ1v) is 12.8. The van der Waals surface area contributed by atoms with Crippen LogP contribution < -0.4 is 16.0 Å². The fourth-order valence-electron chi connectivity index (χ4n) is 4.72. The third-order valence-corrected chi connectivity index (χ3v) is 6.55. The van der Waals surface area contributed by atoms with E-state index >= 15 is 0 Å². The second kappa shape index (κ2) is 12.3. The first-order valence-electron chi connectivity index (χ1n) is 12.8. The Morgan fingerprint density at radius 1 is 1.19 bits per heavy atom. The van der Waals surface area contributed by atoms with Crippen molar-refractivity contribution in [3.8, 4) is 6.19 Å². The zero-order valence-corrected chi connectivity index (χ0v) is 21.1. The molecule has 0 bridgehead atoms. The molecule has 196 valence electrons. The number of nitrogens with one attached hydrogen (secondary N) is 3. The van der Waals surface area contributed by atoms with Crippen LogP contribution in [0.4, 0.5) is 5.69 Å². The number of carbonyl (C=O) groups excluding carboxylic acids is 3. The molecule has 2 aliphatic rings. The highest BCUT2D eigenvalue weighted by atomic mass is 16.3. The van der Waals surface area contributed by atoms with Gasteiger partial charge in [-0.25, -0.2) is 4.99 Å². The van der Waals surface area contributed by atoms with Crippen molar-refractivity contribution < 1.29 is 18.8 Å². The lowest BCUT2D eigenvalue weighted by Gasteiger charge is -2.23. The van der Waals surface area contributed by atoms with Crippen LogP contribution in [-0.2, 0) is 14.4 Å². The Hall–Kier alpha value is -4.07. The largest absolute Gasteiger partial charge is 0.461 e. The molecule has 4 rings (SSSR count). The highest BCUT2D eigenvalue weighted by Crippen LogP contribution is 2.23. The minimum absolute atomic E-state index is 0.0432. The standard InChI is InChI=1S/C26H33N7O4/c1-18-14-19-15-20(8-9-22(19)37-18)30-26(29-17-27)31-21-6-2-3-11-33(25(21)36)16-23(34)28-10-5-13-32-12-4-7-24(32)35/h8-9,14-15,21H,2-7,10-13,16H2,1H3,(H,28,34)(H2,29,30,31)/t21-/m0/s1. The minimum atomic E-state index is -0.709. The zero-order chi connectivity index (χ0) is 26.2. The highest BCUT2D eigenvalue weighted by Gasteiger charge is 2.28. The van der Waals surface area contributed by atoms with E-state index in [9.17, 15) is 19.6 Å². The lowest BCUT2D eigenvalue weighted by atomic mass is 10.1. The summed E-state index contributed by atoms with van der Waals surface area (Å²) in [7, 11) is 0. The second-order valence-corrected chi connectivity index (χ2v) is 9.41. The smallest absolute Gasteiger partial charge is 0.247 e. The third kappa shape index (κ3) is 7.00. The van der Waals surface area contributed by atoms with Gasteiger partial charge >= 0.3 is 0 Å². The molecule has 0 spiro atoms. The van der Waals surface area contributed by atoms with Crippen LogP contribution in [0.15, 0.2) is 33.7 Å². The van der Waals surface area contributed by atoms with Crippen LogP contribution in [0.25, 0.3) is 11.0 Å². The summed E-state index contributed by atoms with van der Waals surface area (Å²) in [6.45, 7) is 4.17. The van der Waals surface area contributed by atoms with Gasteiger partial charge in [-0.05, 0) is 63.3 Å². The van der Waals surface area contributed by atoms with E-state index in [1.165, 1.54) is 4.90 Å². The Morgan fingerprint density at radius 2 is 2.03 bits per heavy atom. The molecule has 1 aromatic heterocycles. The molecule has 0 radical (unpaired) electrons. The fourth-order valence-corrected chi connectivity index (χ4v) is 4.72. The number of hydrogen-bond acceptors (Lipinski definition) is 6. The number of rotatable bonds is 8. The molecular formula is C26H33N7O4. The average molecular weight is 508 g/mol. The van der Waals surface area contributed by atoms with Crippen molar-refractivity contribution in [2.45, 2.75) is 51.5 Å². The molecule has 3 amide bonds. The van der Waals surface area contributed by atoms with Crippen molar-refractivity contribution in [1.82, 2.24) is 20.4 Å². The number of guanidine groups is 1. The van der Waals surface area contributed by atoms with Crippen LogP contribution in [0.1, 0.15) is 44.3 Å². The summed E-state index contributed by atoms with van der Waals surface area (Å²) >= 11 is 0. The summed E-state index contributed by atoms with van der Waals surface area (Å²) in [5, 5.41) is 18.6.